The van der Waals surface area contributed by atoms with Crippen LogP contribution >= 0.6 is 23.2 Å². The van der Waals surface area contributed by atoms with Crippen LogP contribution in [-0.4, -0.2) is 17.1 Å². The molecule has 1 aromatic heterocycles. The van der Waals surface area contributed by atoms with Gasteiger partial charge in [0.15, 0.2) is 11.5 Å². The molecule has 2 aromatic carbocycles. The maximum Gasteiger partial charge on any atom is 0.431 e. The van der Waals surface area contributed by atoms with Crippen LogP contribution in [-0.2, 0) is 12.8 Å². The number of hydrogen-bond acceptors (Lipinski definition) is 4. The molecule has 0 unspecified atom stereocenters. The molecule has 0 saturated heterocycles. The maximum atomic E-state index is 12.8. The Labute approximate surface area is 185 Å². The summed E-state index contributed by atoms with van der Waals surface area (Å²) in [6, 6.07) is 10.8. The minimum atomic E-state index is -4.68. The molecule has 0 bridgehead atoms. The van der Waals surface area contributed by atoms with Gasteiger partial charge in [0, 0.05) is 15.6 Å². The Morgan fingerprint density at radius 1 is 1.06 bits per heavy atom. The third-order valence-electron chi connectivity index (χ3n) is 4.10. The molecule has 0 spiro atoms. The number of aromatic amines is 1. The Hall–Kier alpha value is -2.97. The second-order valence-electron chi connectivity index (χ2n) is 6.29. The fourth-order valence-corrected chi connectivity index (χ4v) is 3.06. The van der Waals surface area contributed by atoms with Gasteiger partial charge < -0.3 is 14.5 Å². The van der Waals surface area contributed by atoms with E-state index in [-0.39, 0.29) is 12.3 Å². The molecule has 0 saturated carbocycles. The van der Waals surface area contributed by atoms with Crippen molar-refractivity contribution in [2.45, 2.75) is 12.8 Å². The van der Waals surface area contributed by atoms with Gasteiger partial charge in [-0.15, -0.1) is 0 Å². The quantitative estimate of drug-likeness (QED) is 0.490. The van der Waals surface area contributed by atoms with Crippen LogP contribution in [0.1, 0.15) is 22.5 Å². The molecular weight excluding hydrogens is 456 g/mol. The van der Waals surface area contributed by atoms with E-state index >= 15 is 0 Å². The number of hydrogen-bond donors (Lipinski definition) is 1. The summed E-state index contributed by atoms with van der Waals surface area (Å²) in [5.74, 6) is 0.849. The number of rotatable bonds is 6. The number of alkyl halides is 3. The zero-order valence-corrected chi connectivity index (χ0v) is 17.5. The summed E-state index contributed by atoms with van der Waals surface area (Å²) in [5, 5.41) is 0.981. The average Bonchev–Trinajstić information content (AvgIpc) is 2.71. The Bertz CT molecular complexity index is 1180. The van der Waals surface area contributed by atoms with Crippen molar-refractivity contribution < 1.29 is 22.6 Å². The number of nitrogens with one attached hydrogen (secondary N) is 1. The van der Waals surface area contributed by atoms with Crippen LogP contribution in [0.25, 0.3) is 12.2 Å². The van der Waals surface area contributed by atoms with Crippen LogP contribution in [0.5, 0.6) is 11.5 Å². The summed E-state index contributed by atoms with van der Waals surface area (Å²) in [7, 11) is 1.46. The van der Waals surface area contributed by atoms with Gasteiger partial charge in [0.1, 0.15) is 12.3 Å². The molecule has 1 N–H and O–H groups in total. The van der Waals surface area contributed by atoms with Gasteiger partial charge in [0.25, 0.3) is 0 Å². The zero-order chi connectivity index (χ0) is 22.6. The summed E-state index contributed by atoms with van der Waals surface area (Å²) < 4.78 is 49.6. The van der Waals surface area contributed by atoms with E-state index in [4.69, 9.17) is 32.7 Å². The molecule has 0 aliphatic carbocycles. The monoisotopic (exact) mass is 470 g/mol. The molecule has 10 heteroatoms. The summed E-state index contributed by atoms with van der Waals surface area (Å²) in [5.41, 5.74) is -1.05. The highest BCUT2D eigenvalue weighted by Gasteiger charge is 2.32. The first-order valence-electron chi connectivity index (χ1n) is 8.77. The summed E-state index contributed by atoms with van der Waals surface area (Å²) in [4.78, 5) is 16.6. The van der Waals surface area contributed by atoms with Crippen molar-refractivity contribution >= 4 is 35.4 Å². The van der Waals surface area contributed by atoms with Crippen LogP contribution in [0.15, 0.2) is 47.3 Å². The van der Waals surface area contributed by atoms with Crippen LogP contribution in [0.2, 0.25) is 10.0 Å². The highest BCUT2D eigenvalue weighted by Crippen LogP contribution is 2.31. The van der Waals surface area contributed by atoms with Crippen molar-refractivity contribution in [2.75, 3.05) is 7.11 Å². The van der Waals surface area contributed by atoms with E-state index in [1.165, 1.54) is 19.3 Å². The van der Waals surface area contributed by atoms with E-state index in [0.717, 1.165) is 11.6 Å². The molecule has 0 amide bonds. The molecule has 3 rings (SSSR count). The standard InChI is InChI=1S/C21H15Cl2F3N2O3/c1-30-18-8-12(2-6-15-10-19(21(24,25)26)28-20(29)27-15)3-7-17(18)31-11-13-4-5-14(22)9-16(13)23/h2-10H,11H2,1H3,(H,27,28,29). The molecule has 0 fully saturated rings. The second kappa shape index (κ2) is 9.45. The summed E-state index contributed by atoms with van der Waals surface area (Å²) in [6.07, 6.45) is -1.88. The second-order valence-corrected chi connectivity index (χ2v) is 7.13. The topological polar surface area (TPSA) is 64.2 Å². The molecular formula is C21H15Cl2F3N2O3. The Morgan fingerprint density at radius 3 is 2.52 bits per heavy atom. The van der Waals surface area contributed by atoms with Gasteiger partial charge in [-0.2, -0.15) is 18.2 Å². The maximum absolute atomic E-state index is 12.8. The average molecular weight is 471 g/mol. The van der Waals surface area contributed by atoms with E-state index in [2.05, 4.69) is 4.98 Å². The molecule has 0 aliphatic rings. The van der Waals surface area contributed by atoms with Gasteiger partial charge in [0.2, 0.25) is 0 Å². The van der Waals surface area contributed by atoms with Gasteiger partial charge in [-0.3, -0.25) is 0 Å². The van der Waals surface area contributed by atoms with Crippen molar-refractivity contribution in [3.63, 3.8) is 0 Å². The minimum Gasteiger partial charge on any atom is -0.493 e. The molecule has 1 heterocycles. The number of nitrogens with zero attached hydrogens (tertiary/aromatic N) is 1. The predicted octanol–water partition coefficient (Wildman–Crippen LogP) is 5.85. The molecule has 0 atom stereocenters. The van der Waals surface area contributed by atoms with E-state index in [9.17, 15) is 18.0 Å². The number of H-pyrrole nitrogens is 1. The van der Waals surface area contributed by atoms with Crippen molar-refractivity contribution in [1.29, 1.82) is 0 Å². The number of methoxy groups -OCH3 is 1. The van der Waals surface area contributed by atoms with E-state index in [0.29, 0.717) is 27.1 Å². The largest absolute Gasteiger partial charge is 0.493 e. The van der Waals surface area contributed by atoms with Gasteiger partial charge in [-0.05, 0) is 42.0 Å². The fraction of sp³-hybridized carbons (Fsp3) is 0.143. The Balaban J connectivity index is 1.78. The van der Waals surface area contributed by atoms with Crippen LogP contribution in [0.4, 0.5) is 13.2 Å². The van der Waals surface area contributed by atoms with E-state index < -0.39 is 17.6 Å². The van der Waals surface area contributed by atoms with Crippen molar-refractivity contribution in [3.05, 3.63) is 85.5 Å². The number of halogens is 5. The smallest absolute Gasteiger partial charge is 0.431 e. The van der Waals surface area contributed by atoms with Gasteiger partial charge in [-0.25, -0.2) is 4.79 Å². The molecule has 0 radical (unpaired) electrons. The van der Waals surface area contributed by atoms with Crippen molar-refractivity contribution in [2.24, 2.45) is 0 Å². The van der Waals surface area contributed by atoms with E-state index in [1.54, 1.807) is 41.4 Å². The Morgan fingerprint density at radius 2 is 1.84 bits per heavy atom. The molecule has 0 aliphatic heterocycles. The molecule has 5 nitrogen and oxygen atoms in total. The number of benzene rings is 2. The minimum absolute atomic E-state index is 0.132. The third kappa shape index (κ3) is 6.02. The van der Waals surface area contributed by atoms with Gasteiger partial charge in [-0.1, -0.05) is 41.4 Å². The van der Waals surface area contributed by atoms with Crippen molar-refractivity contribution in [1.82, 2.24) is 9.97 Å². The zero-order valence-electron chi connectivity index (χ0n) is 16.0. The normalized spacial score (nSPS) is 11.7. The summed E-state index contributed by atoms with van der Waals surface area (Å²) in [6.45, 7) is 0.179. The van der Waals surface area contributed by atoms with Crippen molar-refractivity contribution in [3.8, 4) is 11.5 Å². The van der Waals surface area contributed by atoms with Crippen LogP contribution < -0.4 is 15.2 Å². The first-order chi connectivity index (χ1) is 14.7. The lowest BCUT2D eigenvalue weighted by Crippen LogP contribution is -2.19. The third-order valence-corrected chi connectivity index (χ3v) is 4.69. The van der Waals surface area contributed by atoms with Gasteiger partial charge >= 0.3 is 11.9 Å². The highest BCUT2D eigenvalue weighted by molar-refractivity contribution is 6.35. The first-order valence-corrected chi connectivity index (χ1v) is 9.53. The van der Waals surface area contributed by atoms with Crippen LogP contribution in [0, 0.1) is 0 Å². The molecule has 31 heavy (non-hydrogen) atoms. The lowest BCUT2D eigenvalue weighted by atomic mass is 10.1. The SMILES string of the molecule is COc1cc(C=Cc2cc(C(F)(F)F)[nH]c(=O)n2)ccc1OCc1ccc(Cl)cc1Cl. The molecule has 162 valence electrons. The van der Waals surface area contributed by atoms with Gasteiger partial charge in [0.05, 0.1) is 12.8 Å². The lowest BCUT2D eigenvalue weighted by molar-refractivity contribution is -0.141. The molecule has 3 aromatic rings. The number of aromatic nitrogens is 2. The highest BCUT2D eigenvalue weighted by atomic mass is 35.5. The number of ether oxygens (including phenoxy) is 2. The predicted molar refractivity (Wildman–Crippen MR) is 113 cm³/mol. The lowest BCUT2D eigenvalue weighted by Gasteiger charge is -2.12. The Kier molecular flexibility index (Phi) is 6.92. The first kappa shape index (κ1) is 22.7. The van der Waals surface area contributed by atoms with E-state index in [1.807, 2.05) is 0 Å². The van der Waals surface area contributed by atoms with Crippen LogP contribution in [0.3, 0.4) is 0 Å². The fourth-order valence-electron chi connectivity index (χ4n) is 2.60. The summed E-state index contributed by atoms with van der Waals surface area (Å²) >= 11 is 12.0.